The second-order valence-corrected chi connectivity index (χ2v) is 5.37. The van der Waals surface area contributed by atoms with Crippen LogP contribution in [0.4, 0.5) is 15.8 Å². The Balaban J connectivity index is 2.18. The minimum Gasteiger partial charge on any atom is -0.381 e. The first-order chi connectivity index (χ1) is 9.45. The molecule has 2 aromatic rings. The number of nitrogens with one attached hydrogen (secondary N) is 1. The van der Waals surface area contributed by atoms with Crippen molar-refractivity contribution in [3.8, 4) is 0 Å². The van der Waals surface area contributed by atoms with Gasteiger partial charge in [-0.05, 0) is 29.8 Å². The molecule has 0 spiro atoms. The molecule has 0 bridgehead atoms. The van der Waals surface area contributed by atoms with Gasteiger partial charge >= 0.3 is 0 Å². The molecule has 0 radical (unpaired) electrons. The highest BCUT2D eigenvalue weighted by molar-refractivity contribution is 9.10. The number of hydrogen-bond donors (Lipinski definition) is 1. The molecule has 0 aliphatic carbocycles. The zero-order valence-corrected chi connectivity index (χ0v) is 12.4. The van der Waals surface area contributed by atoms with E-state index in [-0.39, 0.29) is 5.69 Å². The molecule has 4 nitrogen and oxygen atoms in total. The van der Waals surface area contributed by atoms with Gasteiger partial charge in [-0.25, -0.2) is 4.39 Å². The van der Waals surface area contributed by atoms with Crippen molar-refractivity contribution >= 4 is 38.9 Å². The van der Waals surface area contributed by atoms with E-state index in [2.05, 4.69) is 21.2 Å². The first kappa shape index (κ1) is 14.7. The summed E-state index contributed by atoms with van der Waals surface area (Å²) in [5, 5.41) is 14.1. The Morgan fingerprint density at radius 3 is 2.75 bits per heavy atom. The van der Waals surface area contributed by atoms with Crippen molar-refractivity contribution in [1.29, 1.82) is 0 Å². The summed E-state index contributed by atoms with van der Waals surface area (Å²) in [5.41, 5.74) is 0.827. The van der Waals surface area contributed by atoms with Crippen molar-refractivity contribution in [3.05, 3.63) is 67.4 Å². The van der Waals surface area contributed by atoms with Crippen LogP contribution in [0, 0.1) is 15.9 Å². The lowest BCUT2D eigenvalue weighted by Gasteiger charge is -2.09. The molecule has 7 heteroatoms. The normalized spacial score (nSPS) is 10.3. The standard InChI is InChI=1S/C13H9BrClFN2O2/c14-9-1-2-13(15)8(3-9)7-17-11-4-10(16)5-12(6-11)18(19)20/h1-6,17H,7H2. The van der Waals surface area contributed by atoms with Crippen molar-refractivity contribution in [3.63, 3.8) is 0 Å². The van der Waals surface area contributed by atoms with E-state index in [1.165, 1.54) is 12.1 Å². The number of anilines is 1. The molecule has 0 unspecified atom stereocenters. The SMILES string of the molecule is O=[N+]([O-])c1cc(F)cc(NCc2cc(Br)ccc2Cl)c1. The molecule has 0 atom stereocenters. The van der Waals surface area contributed by atoms with Gasteiger partial charge in [0.2, 0.25) is 0 Å². The summed E-state index contributed by atoms with van der Waals surface area (Å²) in [6.07, 6.45) is 0. The average molecular weight is 360 g/mol. The van der Waals surface area contributed by atoms with Crippen molar-refractivity contribution in [2.75, 3.05) is 5.32 Å². The minimum absolute atomic E-state index is 0.298. The quantitative estimate of drug-likeness (QED) is 0.632. The number of nitrogens with zero attached hydrogens (tertiary/aromatic N) is 1. The molecule has 0 heterocycles. The van der Waals surface area contributed by atoms with Crippen LogP contribution in [0.15, 0.2) is 40.9 Å². The molecule has 2 aromatic carbocycles. The summed E-state index contributed by atoms with van der Waals surface area (Å²) in [6, 6.07) is 8.70. The molecule has 0 saturated carbocycles. The number of rotatable bonds is 4. The fourth-order valence-corrected chi connectivity index (χ4v) is 2.25. The first-order valence-corrected chi connectivity index (χ1v) is 6.75. The van der Waals surface area contributed by atoms with Crippen LogP contribution in [0.2, 0.25) is 5.02 Å². The van der Waals surface area contributed by atoms with E-state index < -0.39 is 10.7 Å². The third-order valence-electron chi connectivity index (χ3n) is 2.58. The van der Waals surface area contributed by atoms with Gasteiger partial charge in [0.25, 0.3) is 5.69 Å². The molecule has 1 N–H and O–H groups in total. The molecule has 20 heavy (non-hydrogen) atoms. The predicted octanol–water partition coefficient (Wildman–Crippen LogP) is 4.76. The Morgan fingerprint density at radius 2 is 2.05 bits per heavy atom. The van der Waals surface area contributed by atoms with E-state index in [0.717, 1.165) is 16.1 Å². The maximum atomic E-state index is 13.3. The number of hydrogen-bond acceptors (Lipinski definition) is 3. The predicted molar refractivity (Wildman–Crippen MR) is 79.5 cm³/mol. The Morgan fingerprint density at radius 1 is 1.30 bits per heavy atom. The van der Waals surface area contributed by atoms with Crippen LogP contribution in [-0.2, 0) is 6.54 Å². The highest BCUT2D eigenvalue weighted by atomic mass is 79.9. The van der Waals surface area contributed by atoms with Gasteiger partial charge in [0, 0.05) is 27.8 Å². The summed E-state index contributed by atoms with van der Waals surface area (Å²) in [7, 11) is 0. The molecule has 0 saturated heterocycles. The monoisotopic (exact) mass is 358 g/mol. The van der Waals surface area contributed by atoms with Crippen molar-refractivity contribution in [2.45, 2.75) is 6.54 Å². The van der Waals surface area contributed by atoms with Crippen LogP contribution in [0.5, 0.6) is 0 Å². The Hall–Kier alpha value is -1.66. The molecular formula is C13H9BrClFN2O2. The Labute approximate surface area is 127 Å². The van der Waals surface area contributed by atoms with Crippen LogP contribution in [0.3, 0.4) is 0 Å². The largest absolute Gasteiger partial charge is 0.381 e. The fraction of sp³-hybridized carbons (Fsp3) is 0.0769. The maximum Gasteiger partial charge on any atom is 0.274 e. The van der Waals surface area contributed by atoms with Crippen molar-refractivity contribution in [2.24, 2.45) is 0 Å². The molecule has 0 aromatic heterocycles. The zero-order chi connectivity index (χ0) is 14.7. The Kier molecular flexibility index (Phi) is 4.57. The number of halogens is 3. The van der Waals surface area contributed by atoms with Gasteiger partial charge in [0.1, 0.15) is 5.82 Å². The van der Waals surface area contributed by atoms with Crippen LogP contribution >= 0.6 is 27.5 Å². The van der Waals surface area contributed by atoms with Gasteiger partial charge in [0.15, 0.2) is 0 Å². The smallest absolute Gasteiger partial charge is 0.274 e. The van der Waals surface area contributed by atoms with Gasteiger partial charge < -0.3 is 5.32 Å². The lowest BCUT2D eigenvalue weighted by molar-refractivity contribution is -0.385. The van der Waals surface area contributed by atoms with Crippen LogP contribution in [-0.4, -0.2) is 4.92 Å². The highest BCUT2D eigenvalue weighted by Crippen LogP contribution is 2.24. The summed E-state index contributed by atoms with van der Waals surface area (Å²) >= 11 is 9.36. The van der Waals surface area contributed by atoms with Gasteiger partial charge in [-0.2, -0.15) is 0 Å². The van der Waals surface area contributed by atoms with E-state index in [1.54, 1.807) is 12.1 Å². The zero-order valence-electron chi connectivity index (χ0n) is 10.1. The van der Waals surface area contributed by atoms with E-state index >= 15 is 0 Å². The van der Waals surface area contributed by atoms with Crippen LogP contribution in [0.25, 0.3) is 0 Å². The average Bonchev–Trinajstić information content (AvgIpc) is 2.39. The second kappa shape index (κ2) is 6.19. The van der Waals surface area contributed by atoms with E-state index in [9.17, 15) is 14.5 Å². The lowest BCUT2D eigenvalue weighted by Crippen LogP contribution is -2.01. The lowest BCUT2D eigenvalue weighted by atomic mass is 10.2. The van der Waals surface area contributed by atoms with Gasteiger partial charge in [-0.15, -0.1) is 0 Å². The third kappa shape index (κ3) is 3.68. The summed E-state index contributed by atoms with van der Waals surface area (Å²) in [6.45, 7) is 0.332. The maximum absolute atomic E-state index is 13.3. The molecule has 2 rings (SSSR count). The van der Waals surface area contributed by atoms with Crippen molar-refractivity contribution in [1.82, 2.24) is 0 Å². The summed E-state index contributed by atoms with van der Waals surface area (Å²) in [5.74, 6) is -0.665. The Bertz CT molecular complexity index is 667. The number of benzene rings is 2. The van der Waals surface area contributed by atoms with Gasteiger partial charge in [0.05, 0.1) is 11.0 Å². The molecule has 0 fully saturated rings. The van der Waals surface area contributed by atoms with Gasteiger partial charge in [-0.3, -0.25) is 10.1 Å². The number of non-ortho nitro benzene ring substituents is 1. The molecular weight excluding hydrogens is 351 g/mol. The second-order valence-electron chi connectivity index (χ2n) is 4.04. The van der Waals surface area contributed by atoms with Crippen LogP contribution in [0.1, 0.15) is 5.56 Å². The highest BCUT2D eigenvalue weighted by Gasteiger charge is 2.10. The van der Waals surface area contributed by atoms with Gasteiger partial charge in [-0.1, -0.05) is 27.5 Å². The van der Waals surface area contributed by atoms with E-state index in [0.29, 0.717) is 17.3 Å². The van der Waals surface area contributed by atoms with Crippen LogP contribution < -0.4 is 5.32 Å². The van der Waals surface area contributed by atoms with E-state index in [1.807, 2.05) is 6.07 Å². The fourth-order valence-electron chi connectivity index (χ4n) is 1.66. The first-order valence-electron chi connectivity index (χ1n) is 5.58. The van der Waals surface area contributed by atoms with Crippen molar-refractivity contribution < 1.29 is 9.31 Å². The van der Waals surface area contributed by atoms with E-state index in [4.69, 9.17) is 11.6 Å². The number of nitro benzene ring substituents is 1. The topological polar surface area (TPSA) is 55.2 Å². The molecule has 104 valence electrons. The number of nitro groups is 1. The molecule has 0 amide bonds. The molecule has 0 aliphatic heterocycles. The minimum atomic E-state index is -0.665. The summed E-state index contributed by atoms with van der Waals surface area (Å²) < 4.78 is 14.1. The molecule has 0 aliphatic rings. The third-order valence-corrected chi connectivity index (χ3v) is 3.45. The summed E-state index contributed by atoms with van der Waals surface area (Å²) in [4.78, 5) is 10.0.